The van der Waals surface area contributed by atoms with E-state index < -0.39 is 0 Å². The monoisotopic (exact) mass is 217 g/mol. The minimum absolute atomic E-state index is 0.0410. The van der Waals surface area contributed by atoms with Gasteiger partial charge in [-0.1, -0.05) is 36.4 Å². The third-order valence-corrected chi connectivity index (χ3v) is 2.50. The van der Waals surface area contributed by atoms with Gasteiger partial charge in [0.15, 0.2) is 0 Å². The van der Waals surface area contributed by atoms with Gasteiger partial charge in [-0.15, -0.1) is 0 Å². The van der Waals surface area contributed by atoms with Crippen LogP contribution >= 0.6 is 0 Å². The molecule has 1 heterocycles. The quantitative estimate of drug-likeness (QED) is 0.771. The molecule has 1 aliphatic rings. The third-order valence-electron chi connectivity index (χ3n) is 2.50. The molecule has 0 spiro atoms. The van der Waals surface area contributed by atoms with Crippen LogP contribution in [0, 0.1) is 0 Å². The van der Waals surface area contributed by atoms with E-state index in [1.54, 1.807) is 11.0 Å². The summed E-state index contributed by atoms with van der Waals surface area (Å²) < 4.78 is 5.50. The molecule has 0 aliphatic carbocycles. The van der Waals surface area contributed by atoms with Gasteiger partial charge in [-0.2, -0.15) is 0 Å². The molecule has 0 fully saturated rings. The Hall–Kier alpha value is -1.61. The van der Waals surface area contributed by atoms with Crippen molar-refractivity contribution >= 4 is 5.91 Å². The number of carbonyl (C=O) groups is 1. The molecule has 2 rings (SSSR count). The topological polar surface area (TPSA) is 29.5 Å². The summed E-state index contributed by atoms with van der Waals surface area (Å²) in [5.41, 5.74) is 1.13. The van der Waals surface area contributed by atoms with E-state index in [-0.39, 0.29) is 5.91 Å². The molecule has 0 saturated heterocycles. The summed E-state index contributed by atoms with van der Waals surface area (Å²) in [5.74, 6) is 0.0410. The molecule has 0 saturated carbocycles. The molecule has 84 valence electrons. The molecule has 1 amide bonds. The summed E-state index contributed by atoms with van der Waals surface area (Å²) in [6, 6.07) is 9.96. The largest absolute Gasteiger partial charge is 0.356 e. The zero-order chi connectivity index (χ0) is 11.2. The standard InChI is InChI=1S/C13H15NO2/c15-13-8-4-5-9-14(13)11-16-10-12-6-2-1-3-7-12/h1-4,6-8H,5,9-11H2. The van der Waals surface area contributed by atoms with E-state index in [1.165, 1.54) is 0 Å². The summed E-state index contributed by atoms with van der Waals surface area (Å²) in [7, 11) is 0. The molecule has 0 unspecified atom stereocenters. The maximum Gasteiger partial charge on any atom is 0.248 e. The summed E-state index contributed by atoms with van der Waals surface area (Å²) >= 11 is 0. The van der Waals surface area contributed by atoms with E-state index in [0.717, 1.165) is 18.5 Å². The normalized spacial score (nSPS) is 15.5. The van der Waals surface area contributed by atoms with Crippen LogP contribution in [0.5, 0.6) is 0 Å². The van der Waals surface area contributed by atoms with Crippen molar-refractivity contribution in [2.75, 3.05) is 13.3 Å². The fourth-order valence-corrected chi connectivity index (χ4v) is 1.61. The van der Waals surface area contributed by atoms with E-state index in [1.807, 2.05) is 36.4 Å². The first-order chi connectivity index (χ1) is 7.86. The lowest BCUT2D eigenvalue weighted by atomic mass is 10.2. The van der Waals surface area contributed by atoms with Crippen molar-refractivity contribution in [1.82, 2.24) is 4.90 Å². The summed E-state index contributed by atoms with van der Waals surface area (Å²) in [6.07, 6.45) is 4.42. The first-order valence-corrected chi connectivity index (χ1v) is 5.43. The number of rotatable bonds is 4. The highest BCUT2D eigenvalue weighted by Gasteiger charge is 2.12. The van der Waals surface area contributed by atoms with Gasteiger partial charge >= 0.3 is 0 Å². The summed E-state index contributed by atoms with van der Waals surface area (Å²) in [5, 5.41) is 0. The molecule has 1 aromatic carbocycles. The van der Waals surface area contributed by atoms with Crippen LogP contribution in [-0.4, -0.2) is 24.1 Å². The van der Waals surface area contributed by atoms with Crippen LogP contribution < -0.4 is 0 Å². The molecular formula is C13H15NO2. The lowest BCUT2D eigenvalue weighted by Gasteiger charge is -2.23. The van der Waals surface area contributed by atoms with Crippen LogP contribution in [0.1, 0.15) is 12.0 Å². The van der Waals surface area contributed by atoms with Gasteiger partial charge in [0.2, 0.25) is 5.91 Å². The Labute approximate surface area is 95.3 Å². The fraction of sp³-hybridized carbons (Fsp3) is 0.308. The maximum atomic E-state index is 11.4. The number of nitrogens with zero attached hydrogens (tertiary/aromatic N) is 1. The van der Waals surface area contributed by atoms with E-state index in [9.17, 15) is 4.79 Å². The number of carbonyl (C=O) groups excluding carboxylic acids is 1. The SMILES string of the molecule is O=C1C=CCCN1COCc1ccccc1. The number of hydrogen-bond acceptors (Lipinski definition) is 2. The molecule has 1 aromatic rings. The third kappa shape index (κ3) is 2.94. The van der Waals surface area contributed by atoms with E-state index in [2.05, 4.69) is 0 Å². The Morgan fingerprint density at radius 1 is 1.25 bits per heavy atom. The van der Waals surface area contributed by atoms with Crippen molar-refractivity contribution in [2.24, 2.45) is 0 Å². The first kappa shape index (κ1) is 10.9. The zero-order valence-corrected chi connectivity index (χ0v) is 9.13. The van der Waals surface area contributed by atoms with Gasteiger partial charge in [0.05, 0.1) is 6.61 Å². The Kier molecular flexibility index (Phi) is 3.72. The molecule has 0 bridgehead atoms. The molecule has 0 aromatic heterocycles. The number of benzene rings is 1. The van der Waals surface area contributed by atoms with Gasteiger partial charge in [0, 0.05) is 6.54 Å². The van der Waals surface area contributed by atoms with Gasteiger partial charge in [-0.25, -0.2) is 0 Å². The van der Waals surface area contributed by atoms with Crippen molar-refractivity contribution in [3.63, 3.8) is 0 Å². The van der Waals surface area contributed by atoms with Gasteiger partial charge < -0.3 is 9.64 Å². The molecule has 3 heteroatoms. The Balaban J connectivity index is 1.76. The van der Waals surface area contributed by atoms with Gasteiger partial charge in [-0.3, -0.25) is 4.79 Å². The van der Waals surface area contributed by atoms with Crippen LogP contribution in [0.2, 0.25) is 0 Å². The average Bonchev–Trinajstić information content (AvgIpc) is 2.33. The lowest BCUT2D eigenvalue weighted by molar-refractivity contribution is -0.132. The maximum absolute atomic E-state index is 11.4. The highest BCUT2D eigenvalue weighted by atomic mass is 16.5. The second-order valence-corrected chi connectivity index (χ2v) is 3.76. The highest BCUT2D eigenvalue weighted by Crippen LogP contribution is 2.05. The van der Waals surface area contributed by atoms with Crippen molar-refractivity contribution in [3.05, 3.63) is 48.0 Å². The first-order valence-electron chi connectivity index (χ1n) is 5.43. The minimum Gasteiger partial charge on any atom is -0.356 e. The van der Waals surface area contributed by atoms with Crippen molar-refractivity contribution < 1.29 is 9.53 Å². The molecule has 0 N–H and O–H groups in total. The second kappa shape index (κ2) is 5.47. The van der Waals surface area contributed by atoms with Gasteiger partial charge in [0.1, 0.15) is 6.73 Å². The second-order valence-electron chi connectivity index (χ2n) is 3.76. The van der Waals surface area contributed by atoms with E-state index >= 15 is 0 Å². The number of ether oxygens (including phenoxy) is 1. The Morgan fingerprint density at radius 2 is 2.06 bits per heavy atom. The van der Waals surface area contributed by atoms with Gasteiger partial charge in [-0.05, 0) is 18.1 Å². The van der Waals surface area contributed by atoms with Crippen LogP contribution in [-0.2, 0) is 16.1 Å². The highest BCUT2D eigenvalue weighted by molar-refractivity contribution is 5.88. The zero-order valence-electron chi connectivity index (χ0n) is 9.13. The molecule has 0 atom stereocenters. The summed E-state index contributed by atoms with van der Waals surface area (Å²) in [4.78, 5) is 13.1. The van der Waals surface area contributed by atoms with Crippen LogP contribution in [0.3, 0.4) is 0 Å². The van der Waals surface area contributed by atoms with Gasteiger partial charge in [0.25, 0.3) is 0 Å². The average molecular weight is 217 g/mol. The molecule has 0 radical (unpaired) electrons. The number of amides is 1. The van der Waals surface area contributed by atoms with Crippen molar-refractivity contribution in [1.29, 1.82) is 0 Å². The minimum atomic E-state index is 0.0410. The smallest absolute Gasteiger partial charge is 0.248 e. The number of hydrogen-bond donors (Lipinski definition) is 0. The van der Waals surface area contributed by atoms with E-state index in [0.29, 0.717) is 13.3 Å². The molecule has 3 nitrogen and oxygen atoms in total. The lowest BCUT2D eigenvalue weighted by Crippen LogP contribution is -2.34. The predicted molar refractivity (Wildman–Crippen MR) is 61.6 cm³/mol. The summed E-state index contributed by atoms with van der Waals surface area (Å²) in [6.45, 7) is 1.68. The van der Waals surface area contributed by atoms with Crippen LogP contribution in [0.4, 0.5) is 0 Å². The molecule has 1 aliphatic heterocycles. The molecule has 16 heavy (non-hydrogen) atoms. The fourth-order valence-electron chi connectivity index (χ4n) is 1.61. The molecular weight excluding hydrogens is 202 g/mol. The Morgan fingerprint density at radius 3 is 2.81 bits per heavy atom. The van der Waals surface area contributed by atoms with Crippen LogP contribution in [0.15, 0.2) is 42.5 Å². The van der Waals surface area contributed by atoms with Crippen molar-refractivity contribution in [3.8, 4) is 0 Å². The van der Waals surface area contributed by atoms with Crippen LogP contribution in [0.25, 0.3) is 0 Å². The van der Waals surface area contributed by atoms with E-state index in [4.69, 9.17) is 4.74 Å². The Bertz CT molecular complexity index is 373. The van der Waals surface area contributed by atoms with Crippen molar-refractivity contribution in [2.45, 2.75) is 13.0 Å². The predicted octanol–water partition coefficient (Wildman–Crippen LogP) is 1.95.